The van der Waals surface area contributed by atoms with Gasteiger partial charge in [0.15, 0.2) is 0 Å². The lowest BCUT2D eigenvalue weighted by Crippen LogP contribution is -2.41. The van der Waals surface area contributed by atoms with E-state index < -0.39 is 0 Å². The number of unbranched alkanes of at least 4 members (excludes halogenated alkanes) is 1. The van der Waals surface area contributed by atoms with E-state index in [9.17, 15) is 0 Å². The fourth-order valence-corrected chi connectivity index (χ4v) is 7.51. The number of nitrogens with one attached hydrogen (secondary N) is 15. The van der Waals surface area contributed by atoms with Crippen molar-refractivity contribution in [3.05, 3.63) is 0 Å². The molecule has 1 atom stereocenters. The molecule has 16 nitrogen and oxygen atoms in total. The molecule has 0 aromatic rings. The molecule has 0 saturated carbocycles. The van der Waals surface area contributed by atoms with Crippen LogP contribution in [-0.4, -0.2) is 220 Å². The van der Waals surface area contributed by atoms with E-state index >= 15 is 0 Å². The van der Waals surface area contributed by atoms with Crippen molar-refractivity contribution in [2.75, 3.05) is 209 Å². The summed E-state index contributed by atoms with van der Waals surface area (Å²) >= 11 is 0. The molecular weight excluding hydrogens is 753 g/mol. The Labute approximate surface area is 369 Å². The molecule has 0 aromatic heterocycles. The van der Waals surface area contributed by atoms with Crippen LogP contribution in [0.5, 0.6) is 0 Å². The van der Waals surface area contributed by atoms with E-state index in [1.54, 1.807) is 0 Å². The highest BCUT2D eigenvalue weighted by Gasteiger charge is 2.10. The highest BCUT2D eigenvalue weighted by atomic mass is 15.1. The van der Waals surface area contributed by atoms with Gasteiger partial charge in [-0.1, -0.05) is 6.42 Å². The zero-order valence-corrected chi connectivity index (χ0v) is 38.9. The molecule has 0 amide bonds. The molecule has 4 saturated heterocycles. The van der Waals surface area contributed by atoms with E-state index in [2.05, 4.69) is 84.7 Å². The molecule has 0 aromatic carbocycles. The minimum atomic E-state index is 0.601. The van der Waals surface area contributed by atoms with Gasteiger partial charge in [-0.05, 0) is 175 Å². The molecule has 0 bridgehead atoms. The summed E-state index contributed by atoms with van der Waals surface area (Å²) in [5.74, 6) is 0. The molecule has 4 aliphatic heterocycles. The van der Waals surface area contributed by atoms with Crippen molar-refractivity contribution in [2.45, 2.75) is 76.7 Å². The number of hydrogen-bond donors (Lipinski definition) is 15. The molecule has 1 unspecified atom stereocenters. The van der Waals surface area contributed by atoms with Crippen LogP contribution in [0.15, 0.2) is 0 Å². The Morgan fingerprint density at radius 3 is 0.933 bits per heavy atom. The summed E-state index contributed by atoms with van der Waals surface area (Å²) in [4.78, 5) is 2.68. The average Bonchev–Trinajstić information content (AvgIpc) is 3.26. The molecule has 4 aliphatic rings. The molecule has 60 heavy (non-hydrogen) atoms. The molecular formula is C44H102N16. The van der Waals surface area contributed by atoms with E-state index in [-0.39, 0.29) is 0 Å². The maximum Gasteiger partial charge on any atom is 0.0192 e. The molecule has 4 heterocycles. The van der Waals surface area contributed by atoms with Crippen LogP contribution in [0.1, 0.15) is 70.6 Å². The third-order valence-corrected chi connectivity index (χ3v) is 11.2. The first-order valence-electron chi connectivity index (χ1n) is 25.3. The standard InChI is InChI=1S/C24H54N8.2C10H24N4/c1(7-24-23-30-12-4-9-26-15-16-27-11-5-14-31-24)2-20-32-21-6-13-28-18-17-25-8-3-10-29-19-22-32;2*1-3-11-7-9-13-5-2-6-14-10-8-12-4-1/h24-31H,1-23H2;2*11-14H,1-10H2. The van der Waals surface area contributed by atoms with Gasteiger partial charge in [0.1, 0.15) is 0 Å². The number of hydrogen-bond acceptors (Lipinski definition) is 16. The van der Waals surface area contributed by atoms with Gasteiger partial charge in [-0.3, -0.25) is 0 Å². The van der Waals surface area contributed by atoms with Crippen LogP contribution in [0.25, 0.3) is 0 Å². The zero-order valence-electron chi connectivity index (χ0n) is 38.9. The SMILES string of the molecule is C1CNCCNCCCN(CCCCC2CNCCCNCCNCCCN2)CCNC1.C1CNCCNCCCNCCNC1.C1CNCCNCCCNCCNC1. The molecule has 4 fully saturated rings. The van der Waals surface area contributed by atoms with Crippen LogP contribution in [-0.2, 0) is 0 Å². The predicted octanol–water partition coefficient (Wildman–Crippen LogP) is -2.18. The lowest BCUT2D eigenvalue weighted by molar-refractivity contribution is 0.259. The van der Waals surface area contributed by atoms with Crippen molar-refractivity contribution < 1.29 is 0 Å². The maximum atomic E-state index is 3.81. The van der Waals surface area contributed by atoms with Crippen molar-refractivity contribution in [1.82, 2.24) is 84.7 Å². The summed E-state index contributed by atoms with van der Waals surface area (Å²) in [6, 6.07) is 0.601. The second kappa shape index (κ2) is 47.8. The van der Waals surface area contributed by atoms with Crippen LogP contribution in [0.4, 0.5) is 0 Å². The molecule has 358 valence electrons. The van der Waals surface area contributed by atoms with Gasteiger partial charge in [0.05, 0.1) is 0 Å². The van der Waals surface area contributed by atoms with Gasteiger partial charge in [0.2, 0.25) is 0 Å². The first-order valence-corrected chi connectivity index (χ1v) is 25.3. The third kappa shape index (κ3) is 41.4. The van der Waals surface area contributed by atoms with Crippen LogP contribution in [0, 0.1) is 0 Å². The highest BCUT2D eigenvalue weighted by Crippen LogP contribution is 2.04. The summed E-state index contributed by atoms with van der Waals surface area (Å²) in [5.41, 5.74) is 0. The summed E-state index contributed by atoms with van der Waals surface area (Å²) in [7, 11) is 0. The number of nitrogens with zero attached hydrogens (tertiary/aromatic N) is 1. The largest absolute Gasteiger partial charge is 0.315 e. The van der Waals surface area contributed by atoms with Crippen LogP contribution < -0.4 is 79.8 Å². The third-order valence-electron chi connectivity index (χ3n) is 11.2. The predicted molar refractivity (Wildman–Crippen MR) is 259 cm³/mol. The van der Waals surface area contributed by atoms with E-state index in [1.807, 2.05) is 0 Å². The van der Waals surface area contributed by atoms with Crippen LogP contribution in [0.3, 0.4) is 0 Å². The molecule has 0 spiro atoms. The van der Waals surface area contributed by atoms with E-state index in [1.165, 1.54) is 90.3 Å². The van der Waals surface area contributed by atoms with Crippen molar-refractivity contribution in [3.8, 4) is 0 Å². The van der Waals surface area contributed by atoms with Crippen molar-refractivity contribution in [1.29, 1.82) is 0 Å². The van der Waals surface area contributed by atoms with Gasteiger partial charge >= 0.3 is 0 Å². The molecule has 15 N–H and O–H groups in total. The van der Waals surface area contributed by atoms with Crippen molar-refractivity contribution >= 4 is 0 Å². The Bertz CT molecular complexity index is 620. The Hall–Kier alpha value is -0.640. The molecule has 4 rings (SSSR count). The Kier molecular flexibility index (Phi) is 44.2. The van der Waals surface area contributed by atoms with Gasteiger partial charge in [-0.15, -0.1) is 0 Å². The number of rotatable bonds is 5. The van der Waals surface area contributed by atoms with Gasteiger partial charge in [-0.2, -0.15) is 0 Å². The van der Waals surface area contributed by atoms with Gasteiger partial charge < -0.3 is 84.7 Å². The molecule has 0 radical (unpaired) electrons. The fraction of sp³-hybridized carbons (Fsp3) is 1.00. The Morgan fingerprint density at radius 2 is 0.567 bits per heavy atom. The Morgan fingerprint density at radius 1 is 0.267 bits per heavy atom. The van der Waals surface area contributed by atoms with Crippen LogP contribution in [0.2, 0.25) is 0 Å². The lowest BCUT2D eigenvalue weighted by atomic mass is 10.1. The van der Waals surface area contributed by atoms with Gasteiger partial charge in [-0.25, -0.2) is 0 Å². The van der Waals surface area contributed by atoms with Crippen LogP contribution >= 0.6 is 0 Å². The van der Waals surface area contributed by atoms with Gasteiger partial charge in [0, 0.05) is 104 Å². The molecule has 0 aliphatic carbocycles. The average molecular weight is 855 g/mol. The van der Waals surface area contributed by atoms with Gasteiger partial charge in [0.25, 0.3) is 0 Å². The zero-order chi connectivity index (χ0) is 42.2. The van der Waals surface area contributed by atoms with E-state index in [4.69, 9.17) is 0 Å². The quantitative estimate of drug-likeness (QED) is 0.134. The Balaban J connectivity index is 0.000000363. The minimum absolute atomic E-state index is 0.601. The first-order chi connectivity index (χ1) is 29.9. The summed E-state index contributed by atoms with van der Waals surface area (Å²) in [5, 5.41) is 52.6. The summed E-state index contributed by atoms with van der Waals surface area (Å²) in [6.07, 6.45) is 13.7. The normalized spacial score (nSPS) is 25.1. The second-order valence-corrected chi connectivity index (χ2v) is 16.8. The lowest BCUT2D eigenvalue weighted by Gasteiger charge is -2.24. The second-order valence-electron chi connectivity index (χ2n) is 16.8. The summed E-state index contributed by atoms with van der Waals surface area (Å²) < 4.78 is 0. The highest BCUT2D eigenvalue weighted by molar-refractivity contribution is 4.72. The molecule has 16 heteroatoms. The van der Waals surface area contributed by atoms with E-state index in [0.717, 1.165) is 190 Å². The minimum Gasteiger partial charge on any atom is -0.315 e. The van der Waals surface area contributed by atoms with Crippen molar-refractivity contribution in [3.63, 3.8) is 0 Å². The monoisotopic (exact) mass is 855 g/mol. The maximum absolute atomic E-state index is 3.81. The van der Waals surface area contributed by atoms with Crippen molar-refractivity contribution in [2.24, 2.45) is 0 Å². The smallest absolute Gasteiger partial charge is 0.0192 e. The van der Waals surface area contributed by atoms with E-state index in [0.29, 0.717) is 6.04 Å². The summed E-state index contributed by atoms with van der Waals surface area (Å²) in [6.45, 7) is 35.8. The fourth-order valence-electron chi connectivity index (χ4n) is 7.51. The topological polar surface area (TPSA) is 184 Å². The first kappa shape index (κ1) is 55.5.